The summed E-state index contributed by atoms with van der Waals surface area (Å²) >= 11 is 1.38. The van der Waals surface area contributed by atoms with Gasteiger partial charge in [0.25, 0.3) is 0 Å². The first-order valence-electron chi connectivity index (χ1n) is 4.74. The third kappa shape index (κ3) is 2.10. The van der Waals surface area contributed by atoms with E-state index in [-0.39, 0.29) is 6.04 Å². The van der Waals surface area contributed by atoms with Crippen LogP contribution in [0.4, 0.5) is 8.78 Å². The molecule has 2 nitrogen and oxygen atoms in total. The van der Waals surface area contributed by atoms with E-state index in [2.05, 4.69) is 4.98 Å². The highest BCUT2D eigenvalue weighted by Gasteiger charge is 2.10. The minimum Gasteiger partial charge on any atom is -0.323 e. The van der Waals surface area contributed by atoms with Crippen molar-refractivity contribution >= 4 is 11.3 Å². The standard InChI is InChI=1S/C11H10F2N2S/c1-6(14)10-5-15-11(16-10)7-2-3-8(12)9(13)4-7/h2-6H,14H2,1H3. The lowest BCUT2D eigenvalue weighted by atomic mass is 10.2. The van der Waals surface area contributed by atoms with Crippen LogP contribution in [0.2, 0.25) is 0 Å². The summed E-state index contributed by atoms with van der Waals surface area (Å²) in [5.74, 6) is -1.72. The highest BCUT2D eigenvalue weighted by molar-refractivity contribution is 7.15. The van der Waals surface area contributed by atoms with Crippen molar-refractivity contribution in [3.63, 3.8) is 0 Å². The topological polar surface area (TPSA) is 38.9 Å². The number of hydrogen-bond donors (Lipinski definition) is 1. The fourth-order valence-electron chi connectivity index (χ4n) is 1.26. The summed E-state index contributed by atoms with van der Waals surface area (Å²) in [6, 6.07) is 3.63. The maximum atomic E-state index is 13.0. The highest BCUT2D eigenvalue weighted by Crippen LogP contribution is 2.28. The van der Waals surface area contributed by atoms with Crippen molar-refractivity contribution in [1.82, 2.24) is 4.98 Å². The first kappa shape index (κ1) is 11.2. The fourth-order valence-corrected chi connectivity index (χ4v) is 2.12. The summed E-state index contributed by atoms with van der Waals surface area (Å²) in [5, 5.41) is 0.645. The molecule has 0 aliphatic carbocycles. The summed E-state index contributed by atoms with van der Waals surface area (Å²) in [5.41, 5.74) is 6.26. The molecule has 0 spiro atoms. The molecular formula is C11H10F2N2S. The zero-order valence-corrected chi connectivity index (χ0v) is 9.39. The second-order valence-electron chi connectivity index (χ2n) is 3.49. The largest absolute Gasteiger partial charge is 0.323 e. The number of rotatable bonds is 2. The third-order valence-corrected chi connectivity index (χ3v) is 3.39. The molecule has 1 atom stereocenters. The van der Waals surface area contributed by atoms with E-state index >= 15 is 0 Å². The van der Waals surface area contributed by atoms with Crippen LogP contribution in [0, 0.1) is 11.6 Å². The Kier molecular flexibility index (Phi) is 2.98. The third-order valence-electron chi connectivity index (χ3n) is 2.14. The highest BCUT2D eigenvalue weighted by atomic mass is 32.1. The molecule has 16 heavy (non-hydrogen) atoms. The smallest absolute Gasteiger partial charge is 0.159 e. The molecule has 5 heteroatoms. The molecule has 0 radical (unpaired) electrons. The molecule has 1 aromatic carbocycles. The minimum atomic E-state index is -0.866. The predicted molar refractivity (Wildman–Crippen MR) is 60.1 cm³/mol. The van der Waals surface area contributed by atoms with Gasteiger partial charge in [-0.1, -0.05) is 0 Å². The van der Waals surface area contributed by atoms with Crippen molar-refractivity contribution < 1.29 is 8.78 Å². The quantitative estimate of drug-likeness (QED) is 0.876. The summed E-state index contributed by atoms with van der Waals surface area (Å²) in [6.07, 6.45) is 1.66. The molecule has 1 unspecified atom stereocenters. The van der Waals surface area contributed by atoms with Gasteiger partial charge in [0.2, 0.25) is 0 Å². The van der Waals surface area contributed by atoms with Crippen molar-refractivity contribution in [2.24, 2.45) is 5.73 Å². The van der Waals surface area contributed by atoms with Gasteiger partial charge in [-0.05, 0) is 25.1 Å². The van der Waals surface area contributed by atoms with Crippen molar-refractivity contribution in [3.05, 3.63) is 40.9 Å². The molecule has 84 valence electrons. The van der Waals surface area contributed by atoms with Crippen molar-refractivity contribution in [2.45, 2.75) is 13.0 Å². The number of aromatic nitrogens is 1. The lowest BCUT2D eigenvalue weighted by Gasteiger charge is -1.98. The van der Waals surface area contributed by atoms with E-state index in [1.54, 1.807) is 6.20 Å². The number of nitrogens with two attached hydrogens (primary N) is 1. The Morgan fingerprint density at radius 3 is 2.62 bits per heavy atom. The van der Waals surface area contributed by atoms with Gasteiger partial charge < -0.3 is 5.73 Å². The molecule has 0 saturated carbocycles. The number of thiazole rings is 1. The lowest BCUT2D eigenvalue weighted by molar-refractivity contribution is 0.509. The maximum absolute atomic E-state index is 13.0. The fraction of sp³-hybridized carbons (Fsp3) is 0.182. The number of halogens is 2. The predicted octanol–water partition coefficient (Wildman–Crippen LogP) is 3.11. The summed E-state index contributed by atoms with van der Waals surface area (Å²) < 4.78 is 25.7. The monoisotopic (exact) mass is 240 g/mol. The Morgan fingerprint density at radius 2 is 2.06 bits per heavy atom. The van der Waals surface area contributed by atoms with Crippen LogP contribution in [0.15, 0.2) is 24.4 Å². The van der Waals surface area contributed by atoms with Crippen LogP contribution in [0.25, 0.3) is 10.6 Å². The summed E-state index contributed by atoms with van der Waals surface area (Å²) in [7, 11) is 0. The van der Waals surface area contributed by atoms with E-state index in [4.69, 9.17) is 5.73 Å². The van der Waals surface area contributed by atoms with E-state index in [0.717, 1.165) is 17.0 Å². The van der Waals surface area contributed by atoms with Gasteiger partial charge in [-0.15, -0.1) is 11.3 Å². The van der Waals surface area contributed by atoms with Crippen LogP contribution >= 0.6 is 11.3 Å². The Balaban J connectivity index is 2.39. The van der Waals surface area contributed by atoms with E-state index in [0.29, 0.717) is 10.6 Å². The van der Waals surface area contributed by atoms with Gasteiger partial charge >= 0.3 is 0 Å². The Labute approximate surface area is 95.7 Å². The molecule has 0 aliphatic heterocycles. The van der Waals surface area contributed by atoms with Crippen LogP contribution in [0.5, 0.6) is 0 Å². The van der Waals surface area contributed by atoms with Gasteiger partial charge in [0.1, 0.15) is 5.01 Å². The van der Waals surface area contributed by atoms with Crippen LogP contribution in [0.3, 0.4) is 0 Å². The molecule has 0 saturated heterocycles. The first-order valence-corrected chi connectivity index (χ1v) is 5.56. The van der Waals surface area contributed by atoms with Gasteiger partial charge in [0.05, 0.1) is 0 Å². The van der Waals surface area contributed by atoms with Gasteiger partial charge in [-0.2, -0.15) is 0 Å². The van der Waals surface area contributed by atoms with Crippen molar-refractivity contribution in [1.29, 1.82) is 0 Å². The Bertz CT molecular complexity index is 508. The van der Waals surface area contributed by atoms with Crippen molar-refractivity contribution in [3.8, 4) is 10.6 Å². The molecule has 1 aromatic heterocycles. The van der Waals surface area contributed by atoms with E-state index in [1.165, 1.54) is 17.4 Å². The average molecular weight is 240 g/mol. The Morgan fingerprint density at radius 1 is 1.31 bits per heavy atom. The van der Waals surface area contributed by atoms with E-state index in [1.807, 2.05) is 6.92 Å². The van der Waals surface area contributed by atoms with Crippen LogP contribution in [0.1, 0.15) is 17.8 Å². The van der Waals surface area contributed by atoms with Gasteiger partial charge in [-0.3, -0.25) is 0 Å². The van der Waals surface area contributed by atoms with Crippen LogP contribution in [-0.2, 0) is 0 Å². The lowest BCUT2D eigenvalue weighted by Crippen LogP contribution is -2.01. The molecule has 0 fully saturated rings. The minimum absolute atomic E-state index is 0.100. The van der Waals surface area contributed by atoms with Gasteiger partial charge in [0.15, 0.2) is 11.6 Å². The SMILES string of the molecule is CC(N)c1cnc(-c2ccc(F)c(F)c2)s1. The number of nitrogens with zero attached hydrogens (tertiary/aromatic N) is 1. The maximum Gasteiger partial charge on any atom is 0.159 e. The molecular weight excluding hydrogens is 230 g/mol. The first-order chi connectivity index (χ1) is 7.58. The zero-order chi connectivity index (χ0) is 11.7. The Hall–Kier alpha value is -1.33. The average Bonchev–Trinajstić information content (AvgIpc) is 2.71. The van der Waals surface area contributed by atoms with E-state index < -0.39 is 11.6 Å². The van der Waals surface area contributed by atoms with Gasteiger partial charge in [0, 0.05) is 22.7 Å². The molecule has 2 rings (SSSR count). The molecule has 2 N–H and O–H groups in total. The second kappa shape index (κ2) is 4.27. The number of hydrogen-bond acceptors (Lipinski definition) is 3. The second-order valence-corrected chi connectivity index (χ2v) is 4.55. The summed E-state index contributed by atoms with van der Waals surface area (Å²) in [6.45, 7) is 1.85. The molecule has 0 aliphatic rings. The molecule has 0 amide bonds. The zero-order valence-electron chi connectivity index (χ0n) is 8.58. The summed E-state index contributed by atoms with van der Waals surface area (Å²) in [4.78, 5) is 5.04. The normalized spacial score (nSPS) is 12.8. The van der Waals surface area contributed by atoms with E-state index in [9.17, 15) is 8.78 Å². The van der Waals surface area contributed by atoms with Gasteiger partial charge in [-0.25, -0.2) is 13.8 Å². The molecule has 2 aromatic rings. The van der Waals surface area contributed by atoms with Crippen LogP contribution in [-0.4, -0.2) is 4.98 Å². The molecule has 1 heterocycles. The molecule has 0 bridgehead atoms. The van der Waals surface area contributed by atoms with Crippen LogP contribution < -0.4 is 5.73 Å². The van der Waals surface area contributed by atoms with Crippen molar-refractivity contribution in [2.75, 3.05) is 0 Å². The number of benzene rings is 1.